The van der Waals surface area contributed by atoms with Crippen LogP contribution in [0.1, 0.15) is 31.4 Å². The van der Waals surface area contributed by atoms with Gasteiger partial charge in [-0.25, -0.2) is 8.42 Å². The minimum absolute atomic E-state index is 0.205. The lowest BCUT2D eigenvalue weighted by atomic mass is 10.1. The Kier molecular flexibility index (Phi) is 4.12. The fourth-order valence-corrected chi connectivity index (χ4v) is 2.80. The zero-order valence-corrected chi connectivity index (χ0v) is 11.9. The van der Waals surface area contributed by atoms with Gasteiger partial charge < -0.3 is 9.88 Å². The van der Waals surface area contributed by atoms with Crippen LogP contribution in [0.2, 0.25) is 0 Å². The zero-order valence-electron chi connectivity index (χ0n) is 11.1. The van der Waals surface area contributed by atoms with E-state index in [9.17, 15) is 8.42 Å². The Morgan fingerprint density at radius 3 is 2.78 bits per heavy atom. The van der Waals surface area contributed by atoms with Crippen molar-refractivity contribution >= 4 is 9.84 Å². The van der Waals surface area contributed by atoms with Crippen LogP contribution in [0.15, 0.2) is 18.5 Å². The molecular formula is C13H22N2O2S. The van der Waals surface area contributed by atoms with Gasteiger partial charge in [-0.3, -0.25) is 0 Å². The largest absolute Gasteiger partial charge is 0.353 e. The number of hydrogen-bond donors (Lipinski definition) is 1. The Bertz CT molecular complexity index is 489. The van der Waals surface area contributed by atoms with Crippen molar-refractivity contribution in [2.24, 2.45) is 5.92 Å². The molecule has 0 bridgehead atoms. The molecule has 4 nitrogen and oxygen atoms in total. The average Bonchev–Trinajstić information content (AvgIpc) is 3.01. The molecule has 1 heterocycles. The molecule has 0 aliphatic heterocycles. The average molecular weight is 270 g/mol. The number of rotatable bonds is 7. The number of nitrogens with zero attached hydrogens (tertiary/aromatic N) is 1. The van der Waals surface area contributed by atoms with Gasteiger partial charge in [-0.2, -0.15) is 0 Å². The Balaban J connectivity index is 1.99. The Labute approximate surface area is 109 Å². The summed E-state index contributed by atoms with van der Waals surface area (Å²) in [7, 11) is -2.88. The first-order valence-corrected chi connectivity index (χ1v) is 8.62. The summed E-state index contributed by atoms with van der Waals surface area (Å²) >= 11 is 0. The Morgan fingerprint density at radius 1 is 1.50 bits per heavy atom. The lowest BCUT2D eigenvalue weighted by Crippen LogP contribution is -2.22. The molecule has 1 aromatic heterocycles. The molecule has 1 fully saturated rings. The first kappa shape index (κ1) is 13.6. The summed E-state index contributed by atoms with van der Waals surface area (Å²) in [5, 5.41) is 3.51. The van der Waals surface area contributed by atoms with Crippen LogP contribution in [0.3, 0.4) is 0 Å². The lowest BCUT2D eigenvalue weighted by Gasteiger charge is -2.15. The van der Waals surface area contributed by atoms with Gasteiger partial charge in [-0.15, -0.1) is 0 Å². The fraction of sp³-hybridized carbons (Fsp3) is 0.692. The van der Waals surface area contributed by atoms with E-state index in [0.717, 1.165) is 12.5 Å². The molecule has 1 saturated carbocycles. The molecule has 1 aromatic rings. The lowest BCUT2D eigenvalue weighted by molar-refractivity contribution is 0.495. The highest BCUT2D eigenvalue weighted by Crippen LogP contribution is 2.40. The van der Waals surface area contributed by atoms with E-state index in [1.165, 1.54) is 24.7 Å². The van der Waals surface area contributed by atoms with Gasteiger partial charge in [0.15, 0.2) is 0 Å². The molecule has 2 rings (SSSR count). The molecule has 0 aromatic carbocycles. The number of nitrogens with one attached hydrogen (secondary N) is 1. The van der Waals surface area contributed by atoms with Gasteiger partial charge in [-0.1, -0.05) is 6.92 Å². The summed E-state index contributed by atoms with van der Waals surface area (Å²) in [6.45, 7) is 3.63. The van der Waals surface area contributed by atoms with E-state index >= 15 is 0 Å². The quantitative estimate of drug-likeness (QED) is 0.818. The molecule has 18 heavy (non-hydrogen) atoms. The van der Waals surface area contributed by atoms with Crippen LogP contribution in [0, 0.1) is 5.92 Å². The van der Waals surface area contributed by atoms with Crippen molar-refractivity contribution in [1.82, 2.24) is 9.88 Å². The van der Waals surface area contributed by atoms with Crippen LogP contribution in [0.5, 0.6) is 0 Å². The minimum atomic E-state index is -2.88. The van der Waals surface area contributed by atoms with E-state index in [1.54, 1.807) is 0 Å². The van der Waals surface area contributed by atoms with Crippen LogP contribution in [-0.4, -0.2) is 31.5 Å². The number of sulfone groups is 1. The van der Waals surface area contributed by atoms with Crippen molar-refractivity contribution in [1.29, 1.82) is 0 Å². The SMILES string of the molecule is CCNC(c1ccn(CCS(C)(=O)=O)c1)C1CC1. The van der Waals surface area contributed by atoms with Gasteiger partial charge in [0.25, 0.3) is 0 Å². The van der Waals surface area contributed by atoms with Crippen LogP contribution >= 0.6 is 0 Å². The van der Waals surface area contributed by atoms with Crippen molar-refractivity contribution in [2.45, 2.75) is 32.4 Å². The fourth-order valence-electron chi connectivity index (χ4n) is 2.26. The highest BCUT2D eigenvalue weighted by molar-refractivity contribution is 7.90. The molecule has 1 N–H and O–H groups in total. The second-order valence-electron chi connectivity index (χ2n) is 5.19. The summed E-state index contributed by atoms with van der Waals surface area (Å²) < 4.78 is 24.3. The molecule has 5 heteroatoms. The highest BCUT2D eigenvalue weighted by atomic mass is 32.2. The van der Waals surface area contributed by atoms with E-state index in [0.29, 0.717) is 12.6 Å². The third-order valence-electron chi connectivity index (χ3n) is 3.37. The second kappa shape index (κ2) is 5.45. The molecule has 0 saturated heterocycles. The molecule has 1 unspecified atom stereocenters. The second-order valence-corrected chi connectivity index (χ2v) is 7.45. The van der Waals surface area contributed by atoms with Crippen LogP contribution in [0.4, 0.5) is 0 Å². The molecule has 1 aliphatic rings. The summed E-state index contributed by atoms with van der Waals surface area (Å²) in [5.74, 6) is 0.965. The summed E-state index contributed by atoms with van der Waals surface area (Å²) in [5.41, 5.74) is 1.29. The monoisotopic (exact) mass is 270 g/mol. The molecule has 0 spiro atoms. The first-order chi connectivity index (χ1) is 8.49. The van der Waals surface area contributed by atoms with Crippen molar-refractivity contribution in [3.05, 3.63) is 24.0 Å². The third kappa shape index (κ3) is 3.85. The van der Waals surface area contributed by atoms with Gasteiger partial charge in [0.05, 0.1) is 5.75 Å². The summed E-state index contributed by atoms with van der Waals surface area (Å²) in [6, 6.07) is 2.54. The van der Waals surface area contributed by atoms with Crippen molar-refractivity contribution < 1.29 is 8.42 Å². The first-order valence-electron chi connectivity index (χ1n) is 6.56. The molecule has 1 aliphatic carbocycles. The van der Waals surface area contributed by atoms with Crippen molar-refractivity contribution in [3.63, 3.8) is 0 Å². The van der Waals surface area contributed by atoms with Crippen LogP contribution in [0.25, 0.3) is 0 Å². The normalized spacial score (nSPS) is 17.9. The van der Waals surface area contributed by atoms with E-state index < -0.39 is 9.84 Å². The van der Waals surface area contributed by atoms with Gasteiger partial charge in [0.2, 0.25) is 0 Å². The molecule has 0 amide bonds. The summed E-state index contributed by atoms with van der Waals surface area (Å²) in [6.07, 6.45) is 7.94. The van der Waals surface area contributed by atoms with Gasteiger partial charge in [0, 0.05) is 31.2 Å². The smallest absolute Gasteiger partial charge is 0.149 e. The highest BCUT2D eigenvalue weighted by Gasteiger charge is 2.31. The molecule has 0 radical (unpaired) electrons. The van der Waals surface area contributed by atoms with Gasteiger partial charge in [-0.05, 0) is 36.9 Å². The van der Waals surface area contributed by atoms with Crippen LogP contribution < -0.4 is 5.32 Å². The summed E-state index contributed by atoms with van der Waals surface area (Å²) in [4.78, 5) is 0. The van der Waals surface area contributed by atoms with E-state index in [-0.39, 0.29) is 5.75 Å². The van der Waals surface area contributed by atoms with E-state index in [1.807, 2.05) is 10.8 Å². The zero-order chi connectivity index (χ0) is 13.2. The predicted molar refractivity (Wildman–Crippen MR) is 73.3 cm³/mol. The molecular weight excluding hydrogens is 248 g/mol. The predicted octanol–water partition coefficient (Wildman–Crippen LogP) is 1.59. The Morgan fingerprint density at radius 2 is 2.22 bits per heavy atom. The van der Waals surface area contributed by atoms with Crippen LogP contribution in [-0.2, 0) is 16.4 Å². The van der Waals surface area contributed by atoms with Gasteiger partial charge >= 0.3 is 0 Å². The topological polar surface area (TPSA) is 51.1 Å². The Hall–Kier alpha value is -0.810. The standard InChI is InChI=1S/C13H22N2O2S/c1-3-14-13(11-4-5-11)12-6-7-15(10-12)8-9-18(2,16)17/h6-7,10-11,13-14H,3-5,8-9H2,1-2H3. The maximum atomic E-state index is 11.1. The van der Waals surface area contributed by atoms with Gasteiger partial charge in [0.1, 0.15) is 9.84 Å². The van der Waals surface area contributed by atoms with Crippen molar-refractivity contribution in [2.75, 3.05) is 18.6 Å². The molecule has 1 atom stereocenters. The van der Waals surface area contributed by atoms with Crippen molar-refractivity contribution in [3.8, 4) is 0 Å². The minimum Gasteiger partial charge on any atom is -0.353 e. The van der Waals surface area contributed by atoms with E-state index in [4.69, 9.17) is 0 Å². The third-order valence-corrected chi connectivity index (χ3v) is 4.29. The number of aromatic nitrogens is 1. The van der Waals surface area contributed by atoms with E-state index in [2.05, 4.69) is 24.5 Å². The maximum Gasteiger partial charge on any atom is 0.149 e. The number of hydrogen-bond acceptors (Lipinski definition) is 3. The number of aryl methyl sites for hydroxylation is 1. The molecule has 102 valence electrons. The maximum absolute atomic E-state index is 11.1.